The molecule has 2 heterocycles. The molecule has 0 radical (unpaired) electrons. The van der Waals surface area contributed by atoms with E-state index < -0.39 is 35.5 Å². The summed E-state index contributed by atoms with van der Waals surface area (Å²) in [6.07, 6.45) is 10.1. The Bertz CT molecular complexity index is 2790. The summed E-state index contributed by atoms with van der Waals surface area (Å²) in [6.45, 7) is 0. The van der Waals surface area contributed by atoms with Crippen LogP contribution in [0, 0.1) is 29.6 Å². The Labute approximate surface area is 376 Å². The van der Waals surface area contributed by atoms with Crippen molar-refractivity contribution in [3.05, 3.63) is 143 Å². The lowest BCUT2D eigenvalue weighted by Crippen LogP contribution is -2.43. The third kappa shape index (κ3) is 7.58. The molecular formula is C53H48N2O10. The largest absolute Gasteiger partial charge is 0.508 e. The Morgan fingerprint density at radius 3 is 1.52 bits per heavy atom. The normalized spacial score (nSPS) is 22.5. The van der Waals surface area contributed by atoms with E-state index in [1.165, 1.54) is 29.0 Å². The molecule has 0 bridgehead atoms. The molecule has 1 N–H and O–H groups in total. The first-order valence-corrected chi connectivity index (χ1v) is 21.4. The summed E-state index contributed by atoms with van der Waals surface area (Å²) in [5.41, 5.74) is 5.64. The quantitative estimate of drug-likeness (QED) is 0.0735. The van der Waals surface area contributed by atoms with E-state index in [0.717, 1.165) is 27.8 Å². The van der Waals surface area contributed by atoms with E-state index in [0.29, 0.717) is 45.7 Å². The predicted molar refractivity (Wildman–Crippen MR) is 247 cm³/mol. The molecule has 0 aromatic heterocycles. The molecule has 12 nitrogen and oxygen atoms in total. The molecule has 5 aromatic carbocycles. The number of aromatic hydroxyl groups is 1. The van der Waals surface area contributed by atoms with Crippen LogP contribution in [0.5, 0.6) is 34.5 Å². The van der Waals surface area contributed by atoms with Crippen molar-refractivity contribution in [3.63, 3.8) is 0 Å². The van der Waals surface area contributed by atoms with Crippen LogP contribution in [0.1, 0.15) is 46.6 Å². The lowest BCUT2D eigenvalue weighted by molar-refractivity contribution is -0.126. The van der Waals surface area contributed by atoms with E-state index >= 15 is 0 Å². The van der Waals surface area contributed by atoms with Gasteiger partial charge >= 0.3 is 0 Å². The zero-order valence-electron chi connectivity index (χ0n) is 36.6. The van der Waals surface area contributed by atoms with Crippen molar-refractivity contribution in [1.82, 2.24) is 0 Å². The minimum Gasteiger partial charge on any atom is -0.508 e. The van der Waals surface area contributed by atoms with Gasteiger partial charge in [0.05, 0.1) is 70.6 Å². The summed E-state index contributed by atoms with van der Waals surface area (Å²) in [5, 5.41) is 10.5. The molecule has 330 valence electrons. The van der Waals surface area contributed by atoms with Gasteiger partial charge in [-0.15, -0.1) is 0 Å². The summed E-state index contributed by atoms with van der Waals surface area (Å²) in [5.74, 6) is -2.46. The number of amides is 4. The Balaban J connectivity index is 1.01. The highest BCUT2D eigenvalue weighted by atomic mass is 16.5. The van der Waals surface area contributed by atoms with Gasteiger partial charge in [0, 0.05) is 28.7 Å². The van der Waals surface area contributed by atoms with Gasteiger partial charge in [0.1, 0.15) is 34.5 Å². The molecule has 1 saturated carbocycles. The molecule has 2 aliphatic carbocycles. The fourth-order valence-corrected chi connectivity index (χ4v) is 10.2. The van der Waals surface area contributed by atoms with Crippen molar-refractivity contribution < 1.29 is 48.0 Å². The number of rotatable bonds is 12. The van der Waals surface area contributed by atoms with Crippen LogP contribution in [-0.2, 0) is 19.2 Å². The zero-order chi connectivity index (χ0) is 45.5. The van der Waals surface area contributed by atoms with Gasteiger partial charge in [0.2, 0.25) is 23.6 Å². The van der Waals surface area contributed by atoms with E-state index in [1.807, 2.05) is 91.0 Å². The number of ether oxygens (including phenoxy) is 5. The first-order valence-electron chi connectivity index (χ1n) is 21.4. The van der Waals surface area contributed by atoms with Gasteiger partial charge in [0.25, 0.3) is 0 Å². The van der Waals surface area contributed by atoms with Crippen LogP contribution in [0.15, 0.2) is 115 Å². The van der Waals surface area contributed by atoms with Crippen LogP contribution in [0.3, 0.4) is 0 Å². The molecule has 12 heteroatoms. The highest BCUT2D eigenvalue weighted by molar-refractivity contribution is 6.24. The summed E-state index contributed by atoms with van der Waals surface area (Å²) in [6, 6.07) is 30.2. The smallest absolute Gasteiger partial charge is 0.238 e. The summed E-state index contributed by atoms with van der Waals surface area (Å²) < 4.78 is 27.6. The SMILES string of the molecule is COc1ccc(OC)c(C=Cc2ccc(N3C(=O)C4CC=C5C(CC6C(=O)N(c7ccc(C=Cc8cc(OC)ccc8OC)cc7)C(=O)C6C5c5ccc(O)cc5OC)C4C3=O)cc2)c1. The summed E-state index contributed by atoms with van der Waals surface area (Å²) >= 11 is 0. The number of phenols is 1. The number of carbonyl (C=O) groups is 4. The number of benzene rings is 5. The Morgan fingerprint density at radius 2 is 1.02 bits per heavy atom. The lowest BCUT2D eigenvalue weighted by Gasteiger charge is -2.44. The van der Waals surface area contributed by atoms with Gasteiger partial charge in [0.15, 0.2) is 0 Å². The molecule has 0 spiro atoms. The van der Waals surface area contributed by atoms with Crippen molar-refractivity contribution in [3.8, 4) is 34.5 Å². The first-order chi connectivity index (χ1) is 31.6. The fraction of sp³-hybridized carbons (Fsp3) is 0.245. The van der Waals surface area contributed by atoms with Crippen molar-refractivity contribution in [2.24, 2.45) is 29.6 Å². The topological polar surface area (TPSA) is 141 Å². The fourth-order valence-electron chi connectivity index (χ4n) is 10.2. The molecule has 4 aliphatic rings. The second kappa shape index (κ2) is 17.5. The van der Waals surface area contributed by atoms with Gasteiger partial charge in [-0.05, 0) is 96.6 Å². The molecule has 3 fully saturated rings. The van der Waals surface area contributed by atoms with Crippen LogP contribution < -0.4 is 33.5 Å². The lowest BCUT2D eigenvalue weighted by atomic mass is 9.57. The van der Waals surface area contributed by atoms with Gasteiger partial charge in [-0.1, -0.05) is 66.3 Å². The molecule has 5 aromatic rings. The number of imide groups is 2. The standard InChI is InChI=1S/C53H48N2O10/c1-61-37-19-24-44(63-3)32(26-37)12-6-30-8-14-34(15-9-30)54-50(57)41-23-22-39-42(48(41)52(54)59)29-43-49(47(39)40-21-18-36(56)28-46(40)65-5)53(60)55(51(43)58)35-16-10-31(11-17-35)7-13-33-27-38(62-2)20-25-45(33)64-4/h6-22,24-28,41-43,47-49,56H,23,29H2,1-5H3. The number of hydrogen-bond donors (Lipinski definition) is 1. The number of methoxy groups -OCH3 is 5. The van der Waals surface area contributed by atoms with Crippen LogP contribution in [0.2, 0.25) is 0 Å². The predicted octanol–water partition coefficient (Wildman–Crippen LogP) is 8.82. The number of anilines is 2. The molecule has 4 amide bonds. The maximum atomic E-state index is 14.8. The van der Waals surface area contributed by atoms with Gasteiger partial charge in [-0.2, -0.15) is 0 Å². The molecule has 6 unspecified atom stereocenters. The van der Waals surface area contributed by atoms with E-state index in [9.17, 15) is 24.3 Å². The molecule has 2 aliphatic heterocycles. The van der Waals surface area contributed by atoms with Gasteiger partial charge in [-0.25, -0.2) is 0 Å². The van der Waals surface area contributed by atoms with E-state index in [-0.39, 0.29) is 42.2 Å². The van der Waals surface area contributed by atoms with Crippen LogP contribution in [0.25, 0.3) is 24.3 Å². The number of allylic oxidation sites excluding steroid dienone is 2. The zero-order valence-corrected chi connectivity index (χ0v) is 36.6. The van der Waals surface area contributed by atoms with Crippen molar-refractivity contribution in [2.75, 3.05) is 45.3 Å². The van der Waals surface area contributed by atoms with Crippen LogP contribution in [0.4, 0.5) is 11.4 Å². The summed E-state index contributed by atoms with van der Waals surface area (Å²) in [7, 11) is 7.90. The van der Waals surface area contributed by atoms with E-state index in [4.69, 9.17) is 23.7 Å². The average Bonchev–Trinajstić information content (AvgIpc) is 3.75. The second-order valence-corrected chi connectivity index (χ2v) is 16.5. The maximum Gasteiger partial charge on any atom is 0.238 e. The number of carbonyl (C=O) groups excluding carboxylic acids is 4. The minimum absolute atomic E-state index is 0.0182. The first kappa shape index (κ1) is 42.7. The van der Waals surface area contributed by atoms with Crippen LogP contribution >= 0.6 is 0 Å². The number of hydrogen-bond acceptors (Lipinski definition) is 10. The number of fused-ring (bicyclic) bond motifs is 4. The van der Waals surface area contributed by atoms with Gasteiger partial charge < -0.3 is 28.8 Å². The number of phenolic OH excluding ortho intramolecular Hbond substituents is 1. The summed E-state index contributed by atoms with van der Waals surface area (Å²) in [4.78, 5) is 61.0. The third-order valence-corrected chi connectivity index (χ3v) is 13.3. The highest BCUT2D eigenvalue weighted by Crippen LogP contribution is 2.59. The van der Waals surface area contributed by atoms with Crippen LogP contribution in [-0.4, -0.2) is 64.3 Å². The van der Waals surface area contributed by atoms with Crippen molar-refractivity contribution >= 4 is 59.3 Å². The molecule has 9 rings (SSSR count). The molecule has 2 saturated heterocycles. The second-order valence-electron chi connectivity index (χ2n) is 16.5. The molecule has 6 atom stereocenters. The van der Waals surface area contributed by atoms with Crippen molar-refractivity contribution in [1.29, 1.82) is 0 Å². The monoisotopic (exact) mass is 872 g/mol. The van der Waals surface area contributed by atoms with E-state index in [1.54, 1.807) is 58.8 Å². The molecule has 65 heavy (non-hydrogen) atoms. The maximum absolute atomic E-state index is 14.8. The third-order valence-electron chi connectivity index (χ3n) is 13.3. The highest BCUT2D eigenvalue weighted by Gasteiger charge is 2.62. The van der Waals surface area contributed by atoms with Crippen molar-refractivity contribution in [2.45, 2.75) is 18.8 Å². The Morgan fingerprint density at radius 1 is 0.508 bits per heavy atom. The average molecular weight is 873 g/mol. The van der Waals surface area contributed by atoms with Gasteiger partial charge in [-0.3, -0.25) is 29.0 Å². The Kier molecular flexibility index (Phi) is 11.5. The molecular weight excluding hydrogens is 825 g/mol. The van der Waals surface area contributed by atoms with E-state index in [2.05, 4.69) is 0 Å². The Hall–Kier alpha value is -7.60. The number of nitrogens with zero attached hydrogens (tertiary/aromatic N) is 2. The minimum atomic E-state index is -0.819.